The van der Waals surface area contributed by atoms with E-state index in [2.05, 4.69) is 4.90 Å². The van der Waals surface area contributed by atoms with Gasteiger partial charge in [0.15, 0.2) is 0 Å². The monoisotopic (exact) mass is 346 g/mol. The maximum atomic E-state index is 12.8. The number of benzene rings is 1. The van der Waals surface area contributed by atoms with Crippen LogP contribution in [0, 0.1) is 5.92 Å². The van der Waals surface area contributed by atoms with Crippen LogP contribution in [0.1, 0.15) is 36.5 Å². The van der Waals surface area contributed by atoms with Gasteiger partial charge in [-0.05, 0) is 62.9 Å². The van der Waals surface area contributed by atoms with Crippen LogP contribution in [0.15, 0.2) is 24.3 Å². The standard InChI is InChI=1S/C20H30N2O3/c1-2-25-19-8-6-18(7-9-19)20(23)22-11-4-10-21(12-13-22)15-17-5-3-14-24-16-17/h6-9,17H,2-5,10-16H2,1H3. The zero-order valence-corrected chi connectivity index (χ0v) is 15.3. The molecule has 138 valence electrons. The average Bonchev–Trinajstić information content (AvgIpc) is 2.89. The molecule has 2 fully saturated rings. The van der Waals surface area contributed by atoms with Crippen molar-refractivity contribution in [3.05, 3.63) is 29.8 Å². The summed E-state index contributed by atoms with van der Waals surface area (Å²) in [5, 5.41) is 0. The van der Waals surface area contributed by atoms with Crippen molar-refractivity contribution >= 4 is 5.91 Å². The fourth-order valence-corrected chi connectivity index (χ4v) is 3.72. The van der Waals surface area contributed by atoms with Gasteiger partial charge < -0.3 is 19.3 Å². The first-order valence-electron chi connectivity index (χ1n) is 9.58. The number of ether oxygens (including phenoxy) is 2. The molecule has 0 saturated carbocycles. The molecule has 3 rings (SSSR count). The molecule has 0 aliphatic carbocycles. The minimum atomic E-state index is 0.130. The highest BCUT2D eigenvalue weighted by molar-refractivity contribution is 5.94. The molecule has 2 saturated heterocycles. The van der Waals surface area contributed by atoms with E-state index in [1.807, 2.05) is 36.1 Å². The topological polar surface area (TPSA) is 42.0 Å². The average molecular weight is 346 g/mol. The Balaban J connectivity index is 1.52. The third kappa shape index (κ3) is 5.19. The predicted octanol–water partition coefficient (Wildman–Crippen LogP) is 2.66. The van der Waals surface area contributed by atoms with Crippen molar-refractivity contribution in [3.63, 3.8) is 0 Å². The van der Waals surface area contributed by atoms with Gasteiger partial charge in [-0.2, -0.15) is 0 Å². The Bertz CT molecular complexity index is 540. The van der Waals surface area contributed by atoms with E-state index in [1.54, 1.807) is 0 Å². The normalized spacial score (nSPS) is 22.4. The smallest absolute Gasteiger partial charge is 0.253 e. The Morgan fingerprint density at radius 3 is 2.72 bits per heavy atom. The van der Waals surface area contributed by atoms with Crippen LogP contribution in [0.2, 0.25) is 0 Å². The number of carbonyl (C=O) groups excluding carboxylic acids is 1. The van der Waals surface area contributed by atoms with Crippen LogP contribution in [-0.4, -0.2) is 68.3 Å². The van der Waals surface area contributed by atoms with Gasteiger partial charge in [0.05, 0.1) is 13.2 Å². The lowest BCUT2D eigenvalue weighted by Crippen LogP contribution is -2.38. The van der Waals surface area contributed by atoms with Crippen LogP contribution < -0.4 is 4.74 Å². The molecule has 0 bridgehead atoms. The largest absolute Gasteiger partial charge is 0.494 e. The minimum absolute atomic E-state index is 0.130. The van der Waals surface area contributed by atoms with Gasteiger partial charge in [-0.25, -0.2) is 0 Å². The molecule has 1 unspecified atom stereocenters. The Labute approximate surface area is 150 Å². The van der Waals surface area contributed by atoms with Crippen molar-refractivity contribution in [1.29, 1.82) is 0 Å². The Hall–Kier alpha value is -1.59. The fraction of sp³-hybridized carbons (Fsp3) is 0.650. The van der Waals surface area contributed by atoms with E-state index < -0.39 is 0 Å². The van der Waals surface area contributed by atoms with Crippen LogP contribution >= 0.6 is 0 Å². The summed E-state index contributed by atoms with van der Waals surface area (Å²) in [5.41, 5.74) is 0.748. The molecule has 1 amide bonds. The SMILES string of the molecule is CCOc1ccc(C(=O)N2CCCN(CC3CCCOC3)CC2)cc1. The zero-order chi connectivity index (χ0) is 17.5. The van der Waals surface area contributed by atoms with Gasteiger partial charge in [0.2, 0.25) is 0 Å². The van der Waals surface area contributed by atoms with Gasteiger partial charge in [-0.3, -0.25) is 4.79 Å². The van der Waals surface area contributed by atoms with Gasteiger partial charge in [-0.1, -0.05) is 0 Å². The number of hydrogen-bond donors (Lipinski definition) is 0. The zero-order valence-electron chi connectivity index (χ0n) is 15.3. The van der Waals surface area contributed by atoms with E-state index >= 15 is 0 Å². The van der Waals surface area contributed by atoms with E-state index in [-0.39, 0.29) is 5.91 Å². The number of hydrogen-bond acceptors (Lipinski definition) is 4. The van der Waals surface area contributed by atoms with Crippen molar-refractivity contribution in [2.45, 2.75) is 26.2 Å². The predicted molar refractivity (Wildman–Crippen MR) is 98.1 cm³/mol. The fourth-order valence-electron chi connectivity index (χ4n) is 3.72. The van der Waals surface area contributed by atoms with Crippen molar-refractivity contribution in [2.24, 2.45) is 5.92 Å². The highest BCUT2D eigenvalue weighted by Crippen LogP contribution is 2.18. The summed E-state index contributed by atoms with van der Waals surface area (Å²) in [5.74, 6) is 1.60. The van der Waals surface area contributed by atoms with Gasteiger partial charge >= 0.3 is 0 Å². The first kappa shape index (κ1) is 18.2. The van der Waals surface area contributed by atoms with Crippen molar-refractivity contribution in [1.82, 2.24) is 9.80 Å². The van der Waals surface area contributed by atoms with E-state index in [0.717, 1.165) is 63.7 Å². The van der Waals surface area contributed by atoms with E-state index in [9.17, 15) is 4.79 Å². The van der Waals surface area contributed by atoms with Crippen molar-refractivity contribution in [2.75, 3.05) is 52.5 Å². The van der Waals surface area contributed by atoms with Crippen molar-refractivity contribution < 1.29 is 14.3 Å². The highest BCUT2D eigenvalue weighted by Gasteiger charge is 2.23. The molecular weight excluding hydrogens is 316 g/mol. The number of nitrogens with zero attached hydrogens (tertiary/aromatic N) is 2. The van der Waals surface area contributed by atoms with Crippen LogP contribution in [0.5, 0.6) is 5.75 Å². The molecule has 2 aliphatic rings. The molecule has 5 nitrogen and oxygen atoms in total. The third-order valence-corrected chi connectivity index (χ3v) is 5.06. The highest BCUT2D eigenvalue weighted by atomic mass is 16.5. The summed E-state index contributed by atoms with van der Waals surface area (Å²) in [6.45, 7) is 9.19. The van der Waals surface area contributed by atoms with Gasteiger partial charge in [-0.15, -0.1) is 0 Å². The van der Waals surface area contributed by atoms with Gasteiger partial charge in [0.25, 0.3) is 5.91 Å². The van der Waals surface area contributed by atoms with E-state index in [0.29, 0.717) is 12.5 Å². The maximum Gasteiger partial charge on any atom is 0.253 e. The lowest BCUT2D eigenvalue weighted by Gasteiger charge is -2.28. The number of amides is 1. The molecular formula is C20H30N2O3. The molecule has 2 heterocycles. The molecule has 5 heteroatoms. The summed E-state index contributed by atoms with van der Waals surface area (Å²) < 4.78 is 11.0. The molecule has 1 aromatic rings. The lowest BCUT2D eigenvalue weighted by molar-refractivity contribution is 0.0389. The van der Waals surface area contributed by atoms with Crippen molar-refractivity contribution in [3.8, 4) is 5.75 Å². The number of carbonyl (C=O) groups is 1. The Morgan fingerprint density at radius 1 is 1.16 bits per heavy atom. The summed E-state index contributed by atoms with van der Waals surface area (Å²) in [6.07, 6.45) is 3.49. The summed E-state index contributed by atoms with van der Waals surface area (Å²) in [7, 11) is 0. The first-order valence-corrected chi connectivity index (χ1v) is 9.58. The summed E-state index contributed by atoms with van der Waals surface area (Å²) in [4.78, 5) is 17.3. The third-order valence-electron chi connectivity index (χ3n) is 5.06. The van der Waals surface area contributed by atoms with Crippen LogP contribution in [0.4, 0.5) is 0 Å². The minimum Gasteiger partial charge on any atom is -0.494 e. The molecule has 0 aromatic heterocycles. The molecule has 0 radical (unpaired) electrons. The molecule has 2 aliphatic heterocycles. The molecule has 25 heavy (non-hydrogen) atoms. The second-order valence-electron chi connectivity index (χ2n) is 6.99. The van der Waals surface area contributed by atoms with Crippen LogP contribution in [0.3, 0.4) is 0 Å². The van der Waals surface area contributed by atoms with Crippen LogP contribution in [0.25, 0.3) is 0 Å². The lowest BCUT2D eigenvalue weighted by atomic mass is 10.0. The molecule has 0 spiro atoms. The molecule has 0 N–H and O–H groups in total. The van der Waals surface area contributed by atoms with E-state index in [1.165, 1.54) is 12.8 Å². The van der Waals surface area contributed by atoms with Gasteiger partial charge in [0, 0.05) is 38.3 Å². The second kappa shape index (κ2) is 9.20. The Morgan fingerprint density at radius 2 is 2.00 bits per heavy atom. The summed E-state index contributed by atoms with van der Waals surface area (Å²) >= 11 is 0. The maximum absolute atomic E-state index is 12.8. The second-order valence-corrected chi connectivity index (χ2v) is 6.99. The molecule has 1 aromatic carbocycles. The van der Waals surface area contributed by atoms with Gasteiger partial charge in [0.1, 0.15) is 5.75 Å². The summed E-state index contributed by atoms with van der Waals surface area (Å²) in [6, 6.07) is 7.50. The van der Waals surface area contributed by atoms with E-state index in [4.69, 9.17) is 9.47 Å². The Kier molecular flexibility index (Phi) is 6.70. The molecule has 1 atom stereocenters. The van der Waals surface area contributed by atoms with Crippen LogP contribution in [-0.2, 0) is 4.74 Å². The first-order chi connectivity index (χ1) is 12.3. The quantitative estimate of drug-likeness (QED) is 0.822. The number of rotatable bonds is 5.